The molecule has 0 radical (unpaired) electrons. The van der Waals surface area contributed by atoms with Gasteiger partial charge in [0.2, 0.25) is 0 Å². The van der Waals surface area contributed by atoms with E-state index in [0.717, 1.165) is 52.3 Å². The monoisotopic (exact) mass is 696 g/mol. The maximum absolute atomic E-state index is 6.45. The average molecular weight is 697 g/mol. The minimum Gasteiger partial charge on any atom is -0.496 e. The van der Waals surface area contributed by atoms with Gasteiger partial charge >= 0.3 is 0 Å². The molecule has 0 saturated heterocycles. The van der Waals surface area contributed by atoms with Crippen LogP contribution in [-0.4, -0.2) is 13.7 Å². The summed E-state index contributed by atoms with van der Waals surface area (Å²) in [6.45, 7) is 9.48. The summed E-state index contributed by atoms with van der Waals surface area (Å²) in [6.07, 6.45) is 9.39. The summed E-state index contributed by atoms with van der Waals surface area (Å²) in [4.78, 5) is 0. The lowest BCUT2D eigenvalue weighted by Crippen LogP contribution is -2.12. The molecular formula is C51H52O2. The number of ether oxygens (including phenoxy) is 2. The van der Waals surface area contributed by atoms with Crippen molar-refractivity contribution in [3.05, 3.63) is 190 Å². The predicted octanol–water partition coefficient (Wildman–Crippen LogP) is 13.8. The van der Waals surface area contributed by atoms with Crippen molar-refractivity contribution >= 4 is 23.3 Å². The first-order valence-corrected chi connectivity index (χ1v) is 19.1. The quantitative estimate of drug-likeness (QED) is 0.0995. The Morgan fingerprint density at radius 2 is 1.13 bits per heavy atom. The summed E-state index contributed by atoms with van der Waals surface area (Å²) in [5.41, 5.74) is 13.8. The van der Waals surface area contributed by atoms with Gasteiger partial charge in [-0.2, -0.15) is 0 Å². The van der Waals surface area contributed by atoms with Crippen molar-refractivity contribution in [2.24, 2.45) is 5.92 Å². The summed E-state index contributed by atoms with van der Waals surface area (Å²) in [7, 11) is 1.74. The van der Waals surface area contributed by atoms with Crippen LogP contribution >= 0.6 is 0 Å². The molecule has 2 heteroatoms. The smallest absolute Gasteiger partial charge is 0.127 e. The number of rotatable bonds is 15. The zero-order chi connectivity index (χ0) is 37.0. The van der Waals surface area contributed by atoms with Crippen molar-refractivity contribution in [1.29, 1.82) is 0 Å². The normalized spacial score (nSPS) is 12.4. The Bertz CT molecular complexity index is 2120. The molecule has 6 aromatic carbocycles. The van der Waals surface area contributed by atoms with Crippen LogP contribution in [0.5, 0.6) is 11.5 Å². The summed E-state index contributed by atoms with van der Waals surface area (Å²) < 4.78 is 12.3. The highest BCUT2D eigenvalue weighted by atomic mass is 16.5. The minimum atomic E-state index is 0.569. The topological polar surface area (TPSA) is 18.5 Å². The zero-order valence-electron chi connectivity index (χ0n) is 31.9. The third kappa shape index (κ3) is 9.64. The van der Waals surface area contributed by atoms with E-state index in [1.165, 1.54) is 58.2 Å². The first kappa shape index (κ1) is 37.2. The van der Waals surface area contributed by atoms with Gasteiger partial charge < -0.3 is 9.47 Å². The van der Waals surface area contributed by atoms with Crippen LogP contribution in [0.1, 0.15) is 84.0 Å². The predicted molar refractivity (Wildman–Crippen MR) is 226 cm³/mol. The van der Waals surface area contributed by atoms with Gasteiger partial charge in [-0.1, -0.05) is 166 Å². The number of hydrogen-bond donors (Lipinski definition) is 0. The van der Waals surface area contributed by atoms with E-state index in [1.807, 2.05) is 0 Å². The molecule has 268 valence electrons. The molecular weight excluding hydrogens is 645 g/mol. The summed E-state index contributed by atoms with van der Waals surface area (Å²) in [5, 5.41) is 0. The van der Waals surface area contributed by atoms with Gasteiger partial charge in [0, 0.05) is 5.56 Å². The van der Waals surface area contributed by atoms with E-state index < -0.39 is 0 Å². The van der Waals surface area contributed by atoms with Crippen molar-refractivity contribution in [3.8, 4) is 22.6 Å². The number of benzene rings is 6. The fraction of sp³-hybridized carbons (Fsp3) is 0.216. The van der Waals surface area contributed by atoms with Gasteiger partial charge in [-0.3, -0.25) is 0 Å². The second-order valence-electron chi connectivity index (χ2n) is 14.0. The van der Waals surface area contributed by atoms with E-state index in [2.05, 4.69) is 185 Å². The van der Waals surface area contributed by atoms with Crippen LogP contribution in [0.2, 0.25) is 0 Å². The van der Waals surface area contributed by atoms with E-state index in [-0.39, 0.29) is 0 Å². The average Bonchev–Trinajstić information content (AvgIpc) is 3.21. The molecule has 0 fully saturated rings. The molecule has 1 atom stereocenters. The number of unbranched alkanes of at least 4 members (excludes halogenated alkanes) is 1. The molecule has 0 aliphatic carbocycles. The number of hydrogen-bond acceptors (Lipinski definition) is 2. The molecule has 6 aromatic rings. The molecule has 0 heterocycles. The van der Waals surface area contributed by atoms with E-state index in [1.54, 1.807) is 7.11 Å². The van der Waals surface area contributed by atoms with Gasteiger partial charge in [0.25, 0.3) is 0 Å². The maximum Gasteiger partial charge on any atom is 0.127 e. The van der Waals surface area contributed by atoms with Crippen LogP contribution in [0.15, 0.2) is 146 Å². The van der Waals surface area contributed by atoms with Crippen LogP contribution < -0.4 is 9.47 Å². The van der Waals surface area contributed by atoms with E-state index in [0.29, 0.717) is 5.92 Å². The third-order valence-corrected chi connectivity index (χ3v) is 10.1. The first-order chi connectivity index (χ1) is 25.9. The molecule has 6 rings (SSSR count). The van der Waals surface area contributed by atoms with Gasteiger partial charge in [-0.15, -0.1) is 0 Å². The Morgan fingerprint density at radius 3 is 1.66 bits per heavy atom. The largest absolute Gasteiger partial charge is 0.496 e. The molecule has 0 aromatic heterocycles. The van der Waals surface area contributed by atoms with Crippen LogP contribution in [0.3, 0.4) is 0 Å². The Labute approximate surface area is 317 Å². The molecule has 0 spiro atoms. The zero-order valence-corrected chi connectivity index (χ0v) is 31.9. The second kappa shape index (κ2) is 18.2. The van der Waals surface area contributed by atoms with Crippen LogP contribution in [0.4, 0.5) is 0 Å². The minimum absolute atomic E-state index is 0.569. The second-order valence-corrected chi connectivity index (χ2v) is 14.0. The SMILES string of the molecule is CCCCC(CC)COc1cc(-c2ccc(C=C(c3ccccc3)c3cccc(C(=Cc4ccc(C)cc4)c4ccccc4)c3)cc2)c(OC)cc1C. The lowest BCUT2D eigenvalue weighted by molar-refractivity contribution is 0.232. The van der Waals surface area contributed by atoms with E-state index in [4.69, 9.17) is 9.47 Å². The molecule has 1 unspecified atom stereocenters. The van der Waals surface area contributed by atoms with Crippen LogP contribution in [0.25, 0.3) is 34.4 Å². The van der Waals surface area contributed by atoms with Gasteiger partial charge in [-0.25, -0.2) is 0 Å². The Hall–Kier alpha value is -5.60. The maximum atomic E-state index is 6.45. The van der Waals surface area contributed by atoms with Gasteiger partial charge in [0.1, 0.15) is 11.5 Å². The van der Waals surface area contributed by atoms with Crippen molar-refractivity contribution in [2.45, 2.75) is 53.4 Å². The van der Waals surface area contributed by atoms with Gasteiger partial charge in [0.15, 0.2) is 0 Å². The molecule has 0 bridgehead atoms. The molecule has 0 saturated carbocycles. The molecule has 0 aliphatic heterocycles. The molecule has 0 amide bonds. The van der Waals surface area contributed by atoms with Crippen molar-refractivity contribution < 1.29 is 9.47 Å². The number of methoxy groups -OCH3 is 1. The summed E-state index contributed by atoms with van der Waals surface area (Å²) in [6, 6.07) is 52.0. The van der Waals surface area contributed by atoms with Crippen molar-refractivity contribution in [1.82, 2.24) is 0 Å². The fourth-order valence-electron chi connectivity index (χ4n) is 6.83. The lowest BCUT2D eigenvalue weighted by atomic mass is 9.90. The first-order valence-electron chi connectivity index (χ1n) is 19.1. The van der Waals surface area contributed by atoms with E-state index in [9.17, 15) is 0 Å². The standard InChI is InChI=1S/C51H52O2/c1-6-8-16-39(7-2)36-53-50-35-49(51(52-5)31-38(50)4)44-29-27-41(28-30-44)33-48(43-19-13-10-14-20-43)46-22-15-21-45(34-46)47(42-17-11-9-12-18-42)32-40-25-23-37(3)24-26-40/h9-15,17-35,39H,6-8,16,36H2,1-5H3. The number of aryl methyl sites for hydroxylation is 2. The van der Waals surface area contributed by atoms with Crippen molar-refractivity contribution in [2.75, 3.05) is 13.7 Å². The Kier molecular flexibility index (Phi) is 12.8. The van der Waals surface area contributed by atoms with Crippen molar-refractivity contribution in [3.63, 3.8) is 0 Å². The molecule has 2 nitrogen and oxygen atoms in total. The highest BCUT2D eigenvalue weighted by Crippen LogP contribution is 2.37. The van der Waals surface area contributed by atoms with Gasteiger partial charge in [-0.05, 0) is 112 Å². The Morgan fingerprint density at radius 1 is 0.585 bits per heavy atom. The van der Waals surface area contributed by atoms with Gasteiger partial charge in [0.05, 0.1) is 13.7 Å². The molecule has 0 aliphatic rings. The highest BCUT2D eigenvalue weighted by Gasteiger charge is 2.15. The van der Waals surface area contributed by atoms with Crippen LogP contribution in [-0.2, 0) is 0 Å². The Balaban J connectivity index is 1.35. The lowest BCUT2D eigenvalue weighted by Gasteiger charge is -2.19. The van der Waals surface area contributed by atoms with E-state index >= 15 is 0 Å². The third-order valence-electron chi connectivity index (χ3n) is 10.1. The van der Waals surface area contributed by atoms with Crippen LogP contribution in [0, 0.1) is 19.8 Å². The summed E-state index contributed by atoms with van der Waals surface area (Å²) >= 11 is 0. The highest BCUT2D eigenvalue weighted by molar-refractivity contribution is 5.95. The fourth-order valence-corrected chi connectivity index (χ4v) is 6.83. The molecule has 53 heavy (non-hydrogen) atoms. The summed E-state index contributed by atoms with van der Waals surface area (Å²) in [5.74, 6) is 2.35. The molecule has 0 N–H and O–H groups in total.